The van der Waals surface area contributed by atoms with Crippen LogP contribution in [0.15, 0.2) is 12.3 Å². The molecule has 0 radical (unpaired) electrons. The molecule has 1 aliphatic carbocycles. The standard InChI is InChI=1S/C16H24N4O/c1-10-9-17-20-14(7-11(2)18-15(10)20)19-12-5-6-13(21)16(3,4)8-12/h7,9,12-13,19,21H,5-6,8H2,1-4H3. The van der Waals surface area contributed by atoms with Crippen LogP contribution < -0.4 is 5.32 Å². The van der Waals surface area contributed by atoms with E-state index in [4.69, 9.17) is 0 Å². The van der Waals surface area contributed by atoms with Gasteiger partial charge in [0, 0.05) is 23.4 Å². The van der Waals surface area contributed by atoms with Crippen molar-refractivity contribution in [1.29, 1.82) is 0 Å². The summed E-state index contributed by atoms with van der Waals surface area (Å²) in [7, 11) is 0. The summed E-state index contributed by atoms with van der Waals surface area (Å²) in [6.07, 6.45) is 4.42. The maximum absolute atomic E-state index is 10.1. The number of nitrogens with zero attached hydrogens (tertiary/aromatic N) is 3. The number of hydrogen-bond donors (Lipinski definition) is 2. The van der Waals surface area contributed by atoms with Crippen LogP contribution in [-0.4, -0.2) is 31.9 Å². The maximum atomic E-state index is 10.1. The number of fused-ring (bicyclic) bond motifs is 1. The van der Waals surface area contributed by atoms with Crippen molar-refractivity contribution in [2.45, 2.75) is 59.1 Å². The molecule has 3 rings (SSSR count). The summed E-state index contributed by atoms with van der Waals surface area (Å²) in [5.41, 5.74) is 2.94. The van der Waals surface area contributed by atoms with Gasteiger partial charge in [-0.3, -0.25) is 0 Å². The van der Waals surface area contributed by atoms with Crippen molar-refractivity contribution in [3.8, 4) is 0 Å². The first-order valence-corrected chi connectivity index (χ1v) is 7.63. The van der Waals surface area contributed by atoms with E-state index >= 15 is 0 Å². The van der Waals surface area contributed by atoms with E-state index in [1.54, 1.807) is 0 Å². The zero-order chi connectivity index (χ0) is 15.2. The first-order valence-electron chi connectivity index (χ1n) is 7.63. The van der Waals surface area contributed by atoms with Crippen molar-refractivity contribution in [3.63, 3.8) is 0 Å². The second-order valence-electron chi connectivity index (χ2n) is 6.97. The second-order valence-corrected chi connectivity index (χ2v) is 6.97. The highest BCUT2D eigenvalue weighted by molar-refractivity contribution is 5.54. The minimum Gasteiger partial charge on any atom is -0.393 e. The van der Waals surface area contributed by atoms with Crippen LogP contribution in [0.3, 0.4) is 0 Å². The monoisotopic (exact) mass is 288 g/mol. The summed E-state index contributed by atoms with van der Waals surface area (Å²) in [6, 6.07) is 2.40. The molecular weight excluding hydrogens is 264 g/mol. The molecule has 114 valence electrons. The molecule has 2 atom stereocenters. The Morgan fingerprint density at radius 3 is 2.81 bits per heavy atom. The highest BCUT2D eigenvalue weighted by Gasteiger charge is 2.35. The van der Waals surface area contributed by atoms with Crippen molar-refractivity contribution >= 4 is 11.5 Å². The molecule has 0 bridgehead atoms. The Labute approximate surface area is 125 Å². The lowest BCUT2D eigenvalue weighted by atomic mass is 9.73. The molecule has 0 amide bonds. The predicted octanol–water partition coefficient (Wildman–Crippen LogP) is 2.70. The molecular formula is C16H24N4O. The first-order chi connectivity index (χ1) is 9.87. The maximum Gasteiger partial charge on any atom is 0.160 e. The summed E-state index contributed by atoms with van der Waals surface area (Å²) >= 11 is 0. The molecule has 2 aromatic heterocycles. The third-order valence-corrected chi connectivity index (χ3v) is 4.59. The fourth-order valence-electron chi connectivity index (χ4n) is 3.25. The SMILES string of the molecule is Cc1cc(NC2CCC(O)C(C)(C)C2)n2ncc(C)c2n1. The minimum atomic E-state index is -0.207. The minimum absolute atomic E-state index is 0.0445. The molecule has 0 aliphatic heterocycles. The van der Waals surface area contributed by atoms with E-state index in [9.17, 15) is 5.11 Å². The van der Waals surface area contributed by atoms with E-state index < -0.39 is 0 Å². The number of aliphatic hydroxyl groups is 1. The van der Waals surface area contributed by atoms with Crippen LogP contribution in [0.4, 0.5) is 5.82 Å². The van der Waals surface area contributed by atoms with Crippen molar-refractivity contribution in [3.05, 3.63) is 23.5 Å². The van der Waals surface area contributed by atoms with E-state index in [0.717, 1.165) is 42.0 Å². The van der Waals surface area contributed by atoms with E-state index in [1.165, 1.54) is 0 Å². The van der Waals surface area contributed by atoms with Gasteiger partial charge in [-0.1, -0.05) is 13.8 Å². The molecule has 21 heavy (non-hydrogen) atoms. The highest BCUT2D eigenvalue weighted by Crippen LogP contribution is 2.36. The molecule has 5 nitrogen and oxygen atoms in total. The predicted molar refractivity (Wildman–Crippen MR) is 83.5 cm³/mol. The van der Waals surface area contributed by atoms with Gasteiger partial charge in [0.05, 0.1) is 12.3 Å². The Bertz CT molecular complexity index is 662. The zero-order valence-corrected chi connectivity index (χ0v) is 13.2. The summed E-state index contributed by atoms with van der Waals surface area (Å²) in [5.74, 6) is 0.989. The van der Waals surface area contributed by atoms with Gasteiger partial charge in [-0.2, -0.15) is 9.61 Å². The summed E-state index contributed by atoms with van der Waals surface area (Å²) in [6.45, 7) is 8.30. The molecule has 1 fully saturated rings. The van der Waals surface area contributed by atoms with Crippen molar-refractivity contribution in [2.75, 3.05) is 5.32 Å². The van der Waals surface area contributed by atoms with Crippen molar-refractivity contribution in [2.24, 2.45) is 5.41 Å². The Morgan fingerprint density at radius 1 is 1.33 bits per heavy atom. The highest BCUT2D eigenvalue weighted by atomic mass is 16.3. The quantitative estimate of drug-likeness (QED) is 0.892. The number of nitrogens with one attached hydrogen (secondary N) is 1. The number of anilines is 1. The topological polar surface area (TPSA) is 62.5 Å². The van der Waals surface area contributed by atoms with Gasteiger partial charge in [-0.25, -0.2) is 4.98 Å². The molecule has 0 saturated heterocycles. The van der Waals surface area contributed by atoms with Gasteiger partial charge in [-0.05, 0) is 38.5 Å². The normalized spacial score (nSPS) is 25.2. The largest absolute Gasteiger partial charge is 0.393 e. The van der Waals surface area contributed by atoms with Gasteiger partial charge in [-0.15, -0.1) is 0 Å². The lowest BCUT2D eigenvalue weighted by molar-refractivity contribution is 0.00924. The average Bonchev–Trinajstić information content (AvgIpc) is 2.76. The number of aryl methyl sites for hydroxylation is 2. The molecule has 2 unspecified atom stereocenters. The van der Waals surface area contributed by atoms with E-state index in [1.807, 2.05) is 30.6 Å². The lowest BCUT2D eigenvalue weighted by Gasteiger charge is -2.40. The number of aliphatic hydroxyl groups excluding tert-OH is 1. The van der Waals surface area contributed by atoms with E-state index in [2.05, 4.69) is 29.2 Å². The van der Waals surface area contributed by atoms with Crippen LogP contribution in [0.5, 0.6) is 0 Å². The average molecular weight is 288 g/mol. The molecule has 2 heterocycles. The van der Waals surface area contributed by atoms with E-state index in [-0.39, 0.29) is 11.5 Å². The van der Waals surface area contributed by atoms with Crippen LogP contribution in [0.1, 0.15) is 44.4 Å². The van der Waals surface area contributed by atoms with Gasteiger partial charge in [0.15, 0.2) is 5.65 Å². The van der Waals surface area contributed by atoms with Gasteiger partial charge >= 0.3 is 0 Å². The third kappa shape index (κ3) is 2.62. The Kier molecular flexibility index (Phi) is 3.40. The van der Waals surface area contributed by atoms with Crippen LogP contribution in [0, 0.1) is 19.3 Å². The van der Waals surface area contributed by atoms with Gasteiger partial charge in [0.2, 0.25) is 0 Å². The zero-order valence-electron chi connectivity index (χ0n) is 13.2. The summed E-state index contributed by atoms with van der Waals surface area (Å²) < 4.78 is 1.88. The summed E-state index contributed by atoms with van der Waals surface area (Å²) in [5, 5.41) is 18.1. The Morgan fingerprint density at radius 2 is 2.10 bits per heavy atom. The van der Waals surface area contributed by atoms with Crippen LogP contribution in [-0.2, 0) is 0 Å². The smallest absolute Gasteiger partial charge is 0.160 e. The molecule has 2 aromatic rings. The number of aromatic nitrogens is 3. The van der Waals surface area contributed by atoms with Crippen molar-refractivity contribution in [1.82, 2.24) is 14.6 Å². The number of rotatable bonds is 2. The molecule has 2 N–H and O–H groups in total. The fraction of sp³-hybridized carbons (Fsp3) is 0.625. The van der Waals surface area contributed by atoms with Crippen molar-refractivity contribution < 1.29 is 5.11 Å². The van der Waals surface area contributed by atoms with Crippen LogP contribution in [0.25, 0.3) is 5.65 Å². The van der Waals surface area contributed by atoms with E-state index in [0.29, 0.717) is 6.04 Å². The Balaban J connectivity index is 1.88. The van der Waals surface area contributed by atoms with Crippen LogP contribution >= 0.6 is 0 Å². The third-order valence-electron chi connectivity index (χ3n) is 4.59. The second kappa shape index (κ2) is 4.98. The molecule has 0 spiro atoms. The lowest BCUT2D eigenvalue weighted by Crippen LogP contribution is -2.41. The summed E-state index contributed by atoms with van der Waals surface area (Å²) in [4.78, 5) is 4.55. The number of hydrogen-bond acceptors (Lipinski definition) is 4. The fourth-order valence-corrected chi connectivity index (χ4v) is 3.25. The molecule has 0 aromatic carbocycles. The van der Waals surface area contributed by atoms with Crippen LogP contribution in [0.2, 0.25) is 0 Å². The molecule has 1 aliphatic rings. The van der Waals surface area contributed by atoms with Gasteiger partial charge < -0.3 is 10.4 Å². The first kappa shape index (κ1) is 14.3. The van der Waals surface area contributed by atoms with Gasteiger partial charge in [0.25, 0.3) is 0 Å². The van der Waals surface area contributed by atoms with Gasteiger partial charge in [0.1, 0.15) is 5.82 Å². The Hall–Kier alpha value is -1.62. The molecule has 5 heteroatoms. The molecule has 1 saturated carbocycles.